The second-order valence-electron chi connectivity index (χ2n) is 18.1. The van der Waals surface area contributed by atoms with Crippen LogP contribution < -0.4 is 0 Å². The van der Waals surface area contributed by atoms with Crippen molar-refractivity contribution in [2.75, 3.05) is 0 Å². The number of aromatic hydroxyl groups is 1. The topological polar surface area (TPSA) is 50.9 Å². The number of para-hydroxylation sites is 1. The molecule has 4 heteroatoms. The van der Waals surface area contributed by atoms with E-state index in [-0.39, 0.29) is 22.1 Å². The summed E-state index contributed by atoms with van der Waals surface area (Å²) in [5.74, 6) is 0.0205. The van der Waals surface area contributed by atoms with Crippen molar-refractivity contribution in [3.8, 4) is 67.5 Å². The molecule has 0 atom stereocenters. The Morgan fingerprint density at radius 1 is 0.627 bits per heavy atom. The predicted octanol–water partition coefficient (Wildman–Crippen LogP) is 14.8. The summed E-state index contributed by atoms with van der Waals surface area (Å²) in [5, 5.41) is 12.2. The highest BCUT2D eigenvalue weighted by atomic mass is 16.3. The fourth-order valence-corrected chi connectivity index (χ4v) is 7.99. The van der Waals surface area contributed by atoms with Gasteiger partial charge >= 0.3 is 0 Å². The average Bonchev–Trinajstić information content (AvgIpc) is 3.62. The van der Waals surface area contributed by atoms with Crippen molar-refractivity contribution < 1.29 is 10.6 Å². The molecule has 0 fully saturated rings. The zero-order valence-electron chi connectivity index (χ0n) is 39.6. The van der Waals surface area contributed by atoms with E-state index < -0.39 is 12.7 Å². The van der Waals surface area contributed by atoms with Crippen molar-refractivity contribution in [2.45, 2.75) is 85.9 Å². The molecule has 0 aliphatic carbocycles. The molecule has 59 heavy (non-hydrogen) atoms. The number of phenols is 1. The van der Waals surface area contributed by atoms with Crippen molar-refractivity contribution >= 4 is 11.0 Å². The third-order valence-electron chi connectivity index (χ3n) is 11.3. The highest BCUT2D eigenvalue weighted by Crippen LogP contribution is 2.44. The molecule has 2 aromatic heterocycles. The molecule has 0 bridgehead atoms. The fraction of sp³-hybridized carbons (Fsp3) is 0.236. The summed E-state index contributed by atoms with van der Waals surface area (Å²) < 4.78 is 35.6. The van der Waals surface area contributed by atoms with Gasteiger partial charge in [0.25, 0.3) is 0 Å². The number of rotatable bonds is 7. The number of nitrogens with zero attached hydrogens (tertiary/aromatic N) is 3. The summed E-state index contributed by atoms with van der Waals surface area (Å²) in [7, 11) is 0. The number of benzene rings is 6. The molecule has 8 rings (SSSR count). The van der Waals surface area contributed by atoms with Crippen LogP contribution in [0.2, 0.25) is 0 Å². The van der Waals surface area contributed by atoms with Crippen LogP contribution in [-0.2, 0) is 10.8 Å². The maximum absolute atomic E-state index is 12.2. The highest BCUT2D eigenvalue weighted by molar-refractivity contribution is 5.98. The minimum absolute atomic E-state index is 0.160. The largest absolute Gasteiger partial charge is 0.507 e. The van der Waals surface area contributed by atoms with Crippen LogP contribution in [0.4, 0.5) is 0 Å². The number of aryl methyl sites for hydroxylation is 2. The lowest BCUT2D eigenvalue weighted by atomic mass is 9.83. The number of pyridine rings is 1. The van der Waals surface area contributed by atoms with E-state index in [1.54, 1.807) is 12.1 Å². The van der Waals surface area contributed by atoms with Crippen LogP contribution in [0, 0.1) is 13.8 Å². The van der Waals surface area contributed by atoms with Gasteiger partial charge in [-0.1, -0.05) is 146 Å². The van der Waals surface area contributed by atoms with Crippen LogP contribution in [0.25, 0.3) is 72.7 Å². The number of phenolic OH excluding ortho intramolecular Hbond substituents is 1. The minimum atomic E-state index is -2.32. The molecule has 0 aliphatic heterocycles. The maximum Gasteiger partial charge on any atom is 0.149 e. The van der Waals surface area contributed by atoms with E-state index in [2.05, 4.69) is 88.6 Å². The fourth-order valence-electron chi connectivity index (χ4n) is 7.99. The van der Waals surface area contributed by atoms with Crippen molar-refractivity contribution in [1.29, 1.82) is 0 Å². The molecule has 0 unspecified atom stereocenters. The minimum Gasteiger partial charge on any atom is -0.507 e. The maximum atomic E-state index is 12.2. The normalized spacial score (nSPS) is 13.5. The Hall–Kier alpha value is -6.26. The average molecular weight is 778 g/mol. The molecular weight excluding hydrogens is 719 g/mol. The molecule has 0 saturated heterocycles. The number of hydrogen-bond acceptors (Lipinski definition) is 3. The van der Waals surface area contributed by atoms with Gasteiger partial charge in [0.1, 0.15) is 11.6 Å². The molecule has 1 N–H and O–H groups in total. The van der Waals surface area contributed by atoms with E-state index >= 15 is 0 Å². The molecule has 0 saturated carbocycles. The quantitative estimate of drug-likeness (QED) is 0.175. The Bertz CT molecular complexity index is 3000. The van der Waals surface area contributed by atoms with Crippen LogP contribution in [0.3, 0.4) is 0 Å². The van der Waals surface area contributed by atoms with Gasteiger partial charge in [0.2, 0.25) is 0 Å². The van der Waals surface area contributed by atoms with E-state index in [0.29, 0.717) is 11.4 Å². The van der Waals surface area contributed by atoms with Crippen molar-refractivity contribution in [2.24, 2.45) is 0 Å². The lowest BCUT2D eigenvalue weighted by Gasteiger charge is -2.23. The Labute approximate surface area is 355 Å². The third-order valence-corrected chi connectivity index (χ3v) is 11.3. The third kappa shape index (κ3) is 7.72. The van der Waals surface area contributed by atoms with Gasteiger partial charge in [-0.25, -0.2) is 4.98 Å². The first kappa shape index (κ1) is 34.8. The lowest BCUT2D eigenvalue weighted by Crippen LogP contribution is -2.12. The van der Waals surface area contributed by atoms with Crippen LogP contribution in [0.5, 0.6) is 5.75 Å². The molecule has 0 aliphatic rings. The molecule has 0 amide bonds. The molecule has 0 spiro atoms. The van der Waals surface area contributed by atoms with E-state index in [0.717, 1.165) is 83.6 Å². The van der Waals surface area contributed by atoms with E-state index in [4.69, 9.17) is 15.5 Å². The molecule has 0 radical (unpaired) electrons. The van der Waals surface area contributed by atoms with Crippen LogP contribution in [0.1, 0.15) is 94.6 Å². The van der Waals surface area contributed by atoms with E-state index in [1.807, 2.05) is 106 Å². The van der Waals surface area contributed by atoms with Gasteiger partial charge in [0.15, 0.2) is 0 Å². The predicted molar refractivity (Wildman–Crippen MR) is 249 cm³/mol. The molecular formula is C55H55N3O. The molecule has 8 aromatic rings. The standard InChI is InChI=1S/C55H55N3O/c1-34(2)37-20-22-38(23-21-37)40-25-26-56-48(33-40)42-30-41(31-43(32-42)54(5,6)7)44-17-14-18-50-51(44)57-53(46-28-36(4)29-47(52(46)59)55(8,9)10)58(50)49-24-19-35(3)27-45(49)39-15-12-11-13-16-39/h11-34,59H,1-10H3/i3D3,34D. The van der Waals surface area contributed by atoms with Gasteiger partial charge in [0, 0.05) is 33.9 Å². The van der Waals surface area contributed by atoms with E-state index in [9.17, 15) is 5.11 Å². The SMILES string of the molecule is [2H]C([2H])([2H])c1ccc(-n2c(-c3cc(C)cc(C(C)(C)C)c3O)nc3c(-c4cc(-c5cc(-c6ccc(C([2H])(C)C)cc6)ccn5)cc(C(C)(C)C)c4)cccc32)c(-c2ccccc2)c1. The van der Waals surface area contributed by atoms with Crippen molar-refractivity contribution in [3.05, 3.63) is 167 Å². The number of aromatic nitrogens is 3. The Balaban J connectivity index is 1.40. The van der Waals surface area contributed by atoms with Gasteiger partial charge in [0.05, 0.1) is 28.0 Å². The lowest BCUT2D eigenvalue weighted by molar-refractivity contribution is 0.448. The summed E-state index contributed by atoms with van der Waals surface area (Å²) in [4.78, 5) is 10.4. The molecule has 4 nitrogen and oxygen atoms in total. The van der Waals surface area contributed by atoms with Crippen LogP contribution >= 0.6 is 0 Å². The summed E-state index contributed by atoms with van der Waals surface area (Å²) in [6.45, 7) is 16.4. The zero-order valence-corrected chi connectivity index (χ0v) is 35.6. The van der Waals surface area contributed by atoms with Gasteiger partial charge in [-0.2, -0.15) is 0 Å². The number of fused-ring (bicyclic) bond motifs is 1. The summed E-state index contributed by atoms with van der Waals surface area (Å²) in [6, 6.07) is 44.4. The second-order valence-corrected chi connectivity index (χ2v) is 18.1. The molecule has 296 valence electrons. The second kappa shape index (κ2) is 15.2. The first-order valence-corrected chi connectivity index (χ1v) is 20.4. The Kier molecular flexibility index (Phi) is 8.93. The molecule has 6 aromatic carbocycles. The first-order chi connectivity index (χ1) is 29.6. The summed E-state index contributed by atoms with van der Waals surface area (Å²) in [6.07, 6.45) is 1.85. The van der Waals surface area contributed by atoms with E-state index in [1.165, 1.54) is 0 Å². The molecule has 2 heterocycles. The van der Waals surface area contributed by atoms with Crippen molar-refractivity contribution in [3.63, 3.8) is 0 Å². The number of imidazole rings is 1. The van der Waals surface area contributed by atoms with Crippen LogP contribution in [0.15, 0.2) is 140 Å². The summed E-state index contributed by atoms with van der Waals surface area (Å²) >= 11 is 0. The smallest absolute Gasteiger partial charge is 0.149 e. The Morgan fingerprint density at radius 3 is 2.05 bits per heavy atom. The number of hydrogen-bond donors (Lipinski definition) is 1. The monoisotopic (exact) mass is 777 g/mol. The van der Waals surface area contributed by atoms with Crippen molar-refractivity contribution in [1.82, 2.24) is 14.5 Å². The first-order valence-electron chi connectivity index (χ1n) is 22.4. The Morgan fingerprint density at radius 2 is 1.36 bits per heavy atom. The van der Waals surface area contributed by atoms with Gasteiger partial charge in [-0.05, 0) is 118 Å². The van der Waals surface area contributed by atoms with Crippen LogP contribution in [-0.4, -0.2) is 19.6 Å². The highest BCUT2D eigenvalue weighted by Gasteiger charge is 2.27. The van der Waals surface area contributed by atoms with Gasteiger partial charge in [-0.3, -0.25) is 9.55 Å². The van der Waals surface area contributed by atoms with Gasteiger partial charge < -0.3 is 5.11 Å². The zero-order chi connectivity index (χ0) is 45.2. The summed E-state index contributed by atoms with van der Waals surface area (Å²) in [5.41, 5.74) is 13.8. The van der Waals surface area contributed by atoms with Gasteiger partial charge in [-0.15, -0.1) is 0 Å².